The van der Waals surface area contributed by atoms with Crippen molar-refractivity contribution in [1.29, 1.82) is 0 Å². The molecule has 1 aromatic heterocycles. The van der Waals surface area contributed by atoms with Gasteiger partial charge in [0.2, 0.25) is 5.16 Å². The van der Waals surface area contributed by atoms with Gasteiger partial charge in [-0.05, 0) is 16.5 Å². The summed E-state index contributed by atoms with van der Waals surface area (Å²) in [5.41, 5.74) is 3.68. The smallest absolute Gasteiger partial charge is 0.191 e. The molecular weight excluding hydrogens is 304 g/mol. The van der Waals surface area contributed by atoms with Gasteiger partial charge in [0.1, 0.15) is 0 Å². The summed E-state index contributed by atoms with van der Waals surface area (Å²) in [5.74, 6) is 1.74. The second kappa shape index (κ2) is 5.48. The monoisotopic (exact) mass is 328 g/mol. The summed E-state index contributed by atoms with van der Waals surface area (Å²) in [5, 5.41) is 14.3. The first-order chi connectivity index (χ1) is 10.7. The zero-order chi connectivity index (χ0) is 16.8. The van der Waals surface area contributed by atoms with E-state index >= 15 is 0 Å². The minimum atomic E-state index is -0.0755. The van der Waals surface area contributed by atoms with E-state index in [-0.39, 0.29) is 10.8 Å². The molecule has 0 atom stereocenters. The molecule has 0 saturated carbocycles. The lowest BCUT2D eigenvalue weighted by Gasteiger charge is -2.21. The molecule has 1 aliphatic heterocycles. The van der Waals surface area contributed by atoms with E-state index in [1.54, 1.807) is 11.8 Å². The first-order valence-corrected chi connectivity index (χ1v) is 8.92. The van der Waals surface area contributed by atoms with Crippen LogP contribution in [0.1, 0.15) is 58.5 Å². The van der Waals surface area contributed by atoms with Crippen LogP contribution in [0.2, 0.25) is 0 Å². The number of hydrogen-bond donors (Lipinski definition) is 0. The maximum Gasteiger partial charge on any atom is 0.212 e. The Labute approximate surface area is 142 Å². The third kappa shape index (κ3) is 3.20. The molecule has 0 unspecified atom stereocenters. The minimum Gasteiger partial charge on any atom is -0.191 e. The van der Waals surface area contributed by atoms with Gasteiger partial charge in [-0.2, -0.15) is 9.78 Å². The van der Waals surface area contributed by atoms with Crippen molar-refractivity contribution in [1.82, 2.24) is 14.9 Å². The largest absolute Gasteiger partial charge is 0.212 e. The zero-order valence-electron chi connectivity index (χ0n) is 14.7. The van der Waals surface area contributed by atoms with E-state index in [9.17, 15) is 0 Å². The lowest BCUT2D eigenvalue weighted by molar-refractivity contribution is 0.509. The van der Waals surface area contributed by atoms with Gasteiger partial charge in [-0.15, -0.1) is 10.2 Å². The fourth-order valence-electron chi connectivity index (χ4n) is 2.50. The Hall–Kier alpha value is -1.62. The summed E-state index contributed by atoms with van der Waals surface area (Å²) in [6.07, 6.45) is 0. The highest BCUT2D eigenvalue weighted by molar-refractivity contribution is 7.99. The average Bonchev–Trinajstić information content (AvgIpc) is 2.89. The van der Waals surface area contributed by atoms with Gasteiger partial charge in [0.05, 0.1) is 5.71 Å². The maximum absolute atomic E-state index is 4.82. The Morgan fingerprint density at radius 1 is 0.913 bits per heavy atom. The van der Waals surface area contributed by atoms with Crippen molar-refractivity contribution in [3.8, 4) is 0 Å². The minimum absolute atomic E-state index is 0.0755. The summed E-state index contributed by atoms with van der Waals surface area (Å²) in [6, 6.07) is 8.75. The van der Waals surface area contributed by atoms with Crippen molar-refractivity contribution in [3.05, 3.63) is 41.2 Å². The molecule has 2 aromatic rings. The topological polar surface area (TPSA) is 43.1 Å². The van der Waals surface area contributed by atoms with Crippen molar-refractivity contribution < 1.29 is 0 Å². The van der Waals surface area contributed by atoms with Gasteiger partial charge in [-0.1, -0.05) is 77.6 Å². The number of benzene rings is 1. The number of fused-ring (bicyclic) bond motifs is 1. The zero-order valence-corrected chi connectivity index (χ0v) is 15.5. The van der Waals surface area contributed by atoms with Gasteiger partial charge in [-0.25, -0.2) is 0 Å². The number of nitrogens with zero attached hydrogens (tertiary/aromatic N) is 4. The number of thioether (sulfide) groups is 1. The standard InChI is InChI=1S/C18H24N4S/c1-17(2,3)13-9-7-12(8-10-13)14-11-23-16-20-19-15(18(4,5)6)22(16)21-14/h7-10H,11H2,1-6H3. The molecule has 5 heteroatoms. The van der Waals surface area contributed by atoms with Gasteiger partial charge in [0, 0.05) is 11.2 Å². The third-order valence-electron chi connectivity index (χ3n) is 3.93. The Kier molecular flexibility index (Phi) is 3.87. The Bertz CT molecular complexity index is 743. The van der Waals surface area contributed by atoms with Crippen LogP contribution in [0, 0.1) is 0 Å². The molecule has 0 amide bonds. The van der Waals surface area contributed by atoms with Crippen LogP contribution in [0.5, 0.6) is 0 Å². The molecule has 0 aliphatic carbocycles. The van der Waals surface area contributed by atoms with E-state index in [0.29, 0.717) is 0 Å². The SMILES string of the molecule is CC(C)(C)c1ccc(C2=Nn3c(nnc3C(C)(C)C)SC2)cc1. The Balaban J connectivity index is 1.98. The average molecular weight is 328 g/mol. The molecule has 1 aliphatic rings. The van der Waals surface area contributed by atoms with Gasteiger partial charge in [0.25, 0.3) is 0 Å². The van der Waals surface area contributed by atoms with Crippen molar-refractivity contribution in [2.24, 2.45) is 5.10 Å². The van der Waals surface area contributed by atoms with Crippen LogP contribution < -0.4 is 0 Å². The molecule has 0 bridgehead atoms. The summed E-state index contributed by atoms with van der Waals surface area (Å²) in [6.45, 7) is 13.1. The molecule has 0 spiro atoms. The fourth-order valence-corrected chi connectivity index (χ4v) is 3.34. The van der Waals surface area contributed by atoms with E-state index in [0.717, 1.165) is 22.4 Å². The lowest BCUT2D eigenvalue weighted by atomic mass is 9.86. The molecule has 23 heavy (non-hydrogen) atoms. The summed E-state index contributed by atoms with van der Waals surface area (Å²) in [7, 11) is 0. The summed E-state index contributed by atoms with van der Waals surface area (Å²) in [4.78, 5) is 0. The maximum atomic E-state index is 4.82. The van der Waals surface area contributed by atoms with E-state index < -0.39 is 0 Å². The molecule has 2 heterocycles. The van der Waals surface area contributed by atoms with Crippen LogP contribution in [0.15, 0.2) is 34.5 Å². The van der Waals surface area contributed by atoms with E-state index in [1.165, 1.54) is 11.1 Å². The molecule has 0 fully saturated rings. The molecule has 0 N–H and O–H groups in total. The fraction of sp³-hybridized carbons (Fsp3) is 0.500. The van der Waals surface area contributed by atoms with Crippen LogP contribution in [-0.2, 0) is 10.8 Å². The van der Waals surface area contributed by atoms with Crippen LogP contribution in [0.3, 0.4) is 0 Å². The van der Waals surface area contributed by atoms with Crippen molar-refractivity contribution in [3.63, 3.8) is 0 Å². The highest BCUT2D eigenvalue weighted by Gasteiger charge is 2.27. The lowest BCUT2D eigenvalue weighted by Crippen LogP contribution is -2.21. The van der Waals surface area contributed by atoms with E-state index in [2.05, 4.69) is 76.0 Å². The van der Waals surface area contributed by atoms with Crippen molar-refractivity contribution in [2.75, 3.05) is 5.75 Å². The van der Waals surface area contributed by atoms with Crippen molar-refractivity contribution in [2.45, 2.75) is 57.5 Å². The molecule has 3 rings (SSSR count). The van der Waals surface area contributed by atoms with Crippen LogP contribution >= 0.6 is 11.8 Å². The van der Waals surface area contributed by atoms with Crippen LogP contribution in [0.4, 0.5) is 0 Å². The highest BCUT2D eigenvalue weighted by Crippen LogP contribution is 2.29. The molecule has 0 saturated heterocycles. The van der Waals surface area contributed by atoms with Gasteiger partial charge >= 0.3 is 0 Å². The van der Waals surface area contributed by atoms with Crippen LogP contribution in [0.25, 0.3) is 0 Å². The molecule has 1 aromatic carbocycles. The number of hydrogen-bond acceptors (Lipinski definition) is 4. The first kappa shape index (κ1) is 16.2. The van der Waals surface area contributed by atoms with E-state index in [4.69, 9.17) is 5.10 Å². The highest BCUT2D eigenvalue weighted by atomic mass is 32.2. The second-order valence-electron chi connectivity index (χ2n) is 8.03. The predicted molar refractivity (Wildman–Crippen MR) is 96.5 cm³/mol. The summed E-state index contributed by atoms with van der Waals surface area (Å²) < 4.78 is 1.90. The van der Waals surface area contributed by atoms with Gasteiger partial charge < -0.3 is 0 Å². The Morgan fingerprint density at radius 2 is 1.57 bits per heavy atom. The normalized spacial score (nSPS) is 15.3. The Morgan fingerprint density at radius 3 is 2.13 bits per heavy atom. The number of aromatic nitrogens is 3. The van der Waals surface area contributed by atoms with E-state index in [1.807, 2.05) is 4.68 Å². The number of rotatable bonds is 1. The van der Waals surface area contributed by atoms with Crippen molar-refractivity contribution >= 4 is 17.5 Å². The predicted octanol–water partition coefficient (Wildman–Crippen LogP) is 4.23. The molecule has 0 radical (unpaired) electrons. The molecule has 122 valence electrons. The molecule has 4 nitrogen and oxygen atoms in total. The van der Waals surface area contributed by atoms with Gasteiger partial charge in [-0.3, -0.25) is 0 Å². The third-order valence-corrected chi connectivity index (χ3v) is 4.86. The van der Waals surface area contributed by atoms with Crippen LogP contribution in [-0.4, -0.2) is 26.3 Å². The summed E-state index contributed by atoms with van der Waals surface area (Å²) >= 11 is 1.70. The molecular formula is C18H24N4S. The first-order valence-electron chi connectivity index (χ1n) is 7.94. The quantitative estimate of drug-likeness (QED) is 0.787. The second-order valence-corrected chi connectivity index (χ2v) is 8.97. The van der Waals surface area contributed by atoms with Gasteiger partial charge in [0.15, 0.2) is 5.82 Å².